The van der Waals surface area contributed by atoms with Crippen LogP contribution in [0.15, 0.2) is 52.7 Å². The van der Waals surface area contributed by atoms with Crippen molar-refractivity contribution in [1.29, 1.82) is 0 Å². The van der Waals surface area contributed by atoms with Gasteiger partial charge in [-0.05, 0) is 64.0 Å². The molecule has 0 aliphatic rings. The number of anilines is 1. The number of nitrogens with one attached hydrogen (secondary N) is 2. The molecule has 5 nitrogen and oxygen atoms in total. The predicted octanol–water partition coefficient (Wildman–Crippen LogP) is 4.44. The molecule has 0 saturated carbocycles. The van der Waals surface area contributed by atoms with E-state index in [4.69, 9.17) is 0 Å². The van der Waals surface area contributed by atoms with Gasteiger partial charge in [-0.2, -0.15) is 5.10 Å². The fraction of sp³-hybridized carbons (Fsp3) is 0.350. The number of carbonyl (C=O) groups is 2. The monoisotopic (exact) mass is 341 g/mol. The smallest absolute Gasteiger partial charge is 0.271 e. The summed E-state index contributed by atoms with van der Waals surface area (Å²) in [4.78, 5) is 23.3. The van der Waals surface area contributed by atoms with Gasteiger partial charge < -0.3 is 5.32 Å². The van der Waals surface area contributed by atoms with Crippen molar-refractivity contribution in [3.05, 3.63) is 53.1 Å². The van der Waals surface area contributed by atoms with E-state index >= 15 is 0 Å². The summed E-state index contributed by atoms with van der Waals surface area (Å²) in [6, 6.07) is 6.69. The molecule has 5 heteroatoms. The van der Waals surface area contributed by atoms with E-state index in [0.29, 0.717) is 17.7 Å². The molecule has 0 aromatic heterocycles. The van der Waals surface area contributed by atoms with Gasteiger partial charge in [0.2, 0.25) is 5.91 Å². The lowest BCUT2D eigenvalue weighted by Crippen LogP contribution is -2.17. The molecular weight excluding hydrogens is 314 g/mol. The van der Waals surface area contributed by atoms with E-state index in [9.17, 15) is 9.59 Å². The molecule has 0 bridgehead atoms. The third kappa shape index (κ3) is 8.65. The molecule has 0 heterocycles. The fourth-order valence-corrected chi connectivity index (χ4v) is 1.95. The molecule has 0 saturated heterocycles. The maximum Gasteiger partial charge on any atom is 0.271 e. The highest BCUT2D eigenvalue weighted by molar-refractivity contribution is 5.96. The van der Waals surface area contributed by atoms with Crippen LogP contribution < -0.4 is 10.7 Å². The van der Waals surface area contributed by atoms with Crippen LogP contribution in [0.3, 0.4) is 0 Å². The maximum atomic E-state index is 12.0. The Labute approximate surface area is 149 Å². The van der Waals surface area contributed by atoms with Gasteiger partial charge in [0.15, 0.2) is 0 Å². The Morgan fingerprint density at radius 3 is 2.40 bits per heavy atom. The predicted molar refractivity (Wildman–Crippen MR) is 104 cm³/mol. The van der Waals surface area contributed by atoms with E-state index in [2.05, 4.69) is 35.8 Å². The Morgan fingerprint density at radius 1 is 1.12 bits per heavy atom. The molecule has 25 heavy (non-hydrogen) atoms. The molecule has 1 aromatic rings. The van der Waals surface area contributed by atoms with E-state index in [-0.39, 0.29) is 11.8 Å². The third-order valence-electron chi connectivity index (χ3n) is 3.44. The number of hydrogen-bond acceptors (Lipinski definition) is 3. The highest BCUT2D eigenvalue weighted by atomic mass is 16.2. The fourth-order valence-electron chi connectivity index (χ4n) is 1.95. The van der Waals surface area contributed by atoms with Crippen molar-refractivity contribution >= 4 is 23.7 Å². The van der Waals surface area contributed by atoms with Crippen molar-refractivity contribution in [3.8, 4) is 0 Å². The summed E-state index contributed by atoms with van der Waals surface area (Å²) in [5.74, 6) is -0.353. The Hall–Kier alpha value is -2.69. The van der Waals surface area contributed by atoms with Crippen LogP contribution in [-0.4, -0.2) is 18.0 Å². The Kier molecular flexibility index (Phi) is 8.93. The molecule has 134 valence electrons. The zero-order valence-electron chi connectivity index (χ0n) is 15.4. The molecule has 0 radical (unpaired) electrons. The quantitative estimate of drug-likeness (QED) is 0.417. The minimum Gasteiger partial charge on any atom is -0.326 e. The second kappa shape index (κ2) is 11.0. The van der Waals surface area contributed by atoms with Gasteiger partial charge in [-0.1, -0.05) is 24.1 Å². The van der Waals surface area contributed by atoms with Gasteiger partial charge in [0.1, 0.15) is 0 Å². The normalized spacial score (nSPS) is 11.3. The van der Waals surface area contributed by atoms with E-state index in [1.54, 1.807) is 37.4 Å². The minimum absolute atomic E-state index is 0.0615. The number of nitrogens with zero attached hydrogens (tertiary/aromatic N) is 1. The molecule has 1 rings (SSSR count). The summed E-state index contributed by atoms with van der Waals surface area (Å²) in [5, 5.41) is 6.66. The van der Waals surface area contributed by atoms with Crippen molar-refractivity contribution in [3.63, 3.8) is 0 Å². The maximum absolute atomic E-state index is 12.0. The zero-order chi connectivity index (χ0) is 18.7. The Balaban J connectivity index is 2.48. The van der Waals surface area contributed by atoms with Crippen molar-refractivity contribution in [1.82, 2.24) is 5.43 Å². The first kappa shape index (κ1) is 20.4. The number of hydrazone groups is 1. The molecule has 2 N–H and O–H groups in total. The van der Waals surface area contributed by atoms with Crippen LogP contribution in [-0.2, 0) is 4.79 Å². The number of amides is 2. The molecule has 0 spiro atoms. The molecular formula is C20H27N3O2. The number of carbonyl (C=O) groups excluding carboxylic acids is 2. The lowest BCUT2D eigenvalue weighted by atomic mass is 10.1. The largest absolute Gasteiger partial charge is 0.326 e. The van der Waals surface area contributed by atoms with Crippen LogP contribution in [0.2, 0.25) is 0 Å². The zero-order valence-corrected chi connectivity index (χ0v) is 15.4. The van der Waals surface area contributed by atoms with Gasteiger partial charge in [0.05, 0.1) is 0 Å². The lowest BCUT2D eigenvalue weighted by molar-refractivity contribution is -0.115. The molecule has 0 aliphatic carbocycles. The summed E-state index contributed by atoms with van der Waals surface area (Å²) in [7, 11) is 0. The SMILES string of the molecule is CCC(=O)Nc1ccc(C(=O)N/N=C/C=C(/C)CCC=C(C)C)cc1. The van der Waals surface area contributed by atoms with E-state index < -0.39 is 0 Å². The van der Waals surface area contributed by atoms with Crippen LogP contribution in [0, 0.1) is 0 Å². The van der Waals surface area contributed by atoms with E-state index in [1.807, 2.05) is 13.0 Å². The average Bonchev–Trinajstić information content (AvgIpc) is 2.58. The van der Waals surface area contributed by atoms with Gasteiger partial charge in [-0.3, -0.25) is 9.59 Å². The second-order valence-corrected chi connectivity index (χ2v) is 6.03. The average molecular weight is 341 g/mol. The Morgan fingerprint density at radius 2 is 1.80 bits per heavy atom. The molecule has 0 aliphatic heterocycles. The van der Waals surface area contributed by atoms with Gasteiger partial charge in [-0.15, -0.1) is 0 Å². The van der Waals surface area contributed by atoms with E-state index in [1.165, 1.54) is 11.1 Å². The number of hydrogen-bond donors (Lipinski definition) is 2. The van der Waals surface area contributed by atoms with Crippen LogP contribution in [0.5, 0.6) is 0 Å². The van der Waals surface area contributed by atoms with Crippen molar-refractivity contribution in [2.24, 2.45) is 5.10 Å². The Bertz CT molecular complexity index is 667. The van der Waals surface area contributed by atoms with Crippen LogP contribution in [0.1, 0.15) is 57.3 Å². The molecule has 0 unspecified atom stereocenters. The van der Waals surface area contributed by atoms with Crippen molar-refractivity contribution < 1.29 is 9.59 Å². The van der Waals surface area contributed by atoms with E-state index in [0.717, 1.165) is 12.8 Å². The third-order valence-corrected chi connectivity index (χ3v) is 3.44. The molecule has 2 amide bonds. The van der Waals surface area contributed by atoms with Gasteiger partial charge in [0, 0.05) is 23.9 Å². The summed E-state index contributed by atoms with van der Waals surface area (Å²) < 4.78 is 0. The highest BCUT2D eigenvalue weighted by Crippen LogP contribution is 2.10. The van der Waals surface area contributed by atoms with Crippen LogP contribution >= 0.6 is 0 Å². The minimum atomic E-state index is -0.291. The molecule has 0 fully saturated rings. The first-order valence-electron chi connectivity index (χ1n) is 8.44. The topological polar surface area (TPSA) is 70.6 Å². The van der Waals surface area contributed by atoms with Crippen LogP contribution in [0.4, 0.5) is 5.69 Å². The van der Waals surface area contributed by atoms with Gasteiger partial charge >= 0.3 is 0 Å². The number of allylic oxidation sites excluding steroid dienone is 4. The second-order valence-electron chi connectivity index (χ2n) is 6.03. The summed E-state index contributed by atoms with van der Waals surface area (Å²) >= 11 is 0. The van der Waals surface area contributed by atoms with Crippen molar-refractivity contribution in [2.75, 3.05) is 5.32 Å². The summed E-state index contributed by atoms with van der Waals surface area (Å²) in [6.45, 7) is 7.99. The molecule has 0 atom stereocenters. The molecule has 1 aromatic carbocycles. The van der Waals surface area contributed by atoms with Gasteiger partial charge in [-0.25, -0.2) is 5.43 Å². The summed E-state index contributed by atoms with van der Waals surface area (Å²) in [6.07, 6.45) is 8.07. The lowest BCUT2D eigenvalue weighted by Gasteiger charge is -2.04. The first-order chi connectivity index (χ1) is 11.9. The number of benzene rings is 1. The standard InChI is InChI=1S/C20H27N3O2/c1-5-19(24)22-18-11-9-17(10-12-18)20(25)23-21-14-13-16(4)8-6-7-15(2)3/h7,9-14H,5-6,8H2,1-4H3,(H,22,24)(H,23,25)/b16-13-,21-14+. The highest BCUT2D eigenvalue weighted by Gasteiger charge is 2.04. The summed E-state index contributed by atoms with van der Waals surface area (Å²) in [5.41, 5.74) is 6.15. The number of rotatable bonds is 8. The van der Waals surface area contributed by atoms with Crippen molar-refractivity contribution in [2.45, 2.75) is 47.0 Å². The van der Waals surface area contributed by atoms with Crippen LogP contribution in [0.25, 0.3) is 0 Å². The van der Waals surface area contributed by atoms with Gasteiger partial charge in [0.25, 0.3) is 5.91 Å². The first-order valence-corrected chi connectivity index (χ1v) is 8.44.